The maximum atomic E-state index is 13.6. The standard InChI is InChI=1S/C12H14BrFO2/c1-12(5-2-6-16-12)11(15)9-7-8(13)3-4-10(9)14/h3-4,7,11,15H,2,5-6H2,1H3. The van der Waals surface area contributed by atoms with Gasteiger partial charge in [0.2, 0.25) is 0 Å². The molecule has 2 rings (SSSR count). The molecule has 1 aromatic carbocycles. The molecule has 1 aromatic rings. The lowest BCUT2D eigenvalue weighted by Gasteiger charge is -2.29. The van der Waals surface area contributed by atoms with Gasteiger partial charge in [-0.25, -0.2) is 4.39 Å². The van der Waals surface area contributed by atoms with Gasteiger partial charge in [-0.2, -0.15) is 0 Å². The summed E-state index contributed by atoms with van der Waals surface area (Å²) >= 11 is 3.27. The van der Waals surface area contributed by atoms with Gasteiger partial charge in [0.25, 0.3) is 0 Å². The molecule has 0 saturated carbocycles. The van der Waals surface area contributed by atoms with E-state index >= 15 is 0 Å². The van der Waals surface area contributed by atoms with Gasteiger partial charge in [-0.15, -0.1) is 0 Å². The monoisotopic (exact) mass is 288 g/mol. The van der Waals surface area contributed by atoms with Gasteiger partial charge in [0.05, 0.1) is 5.60 Å². The highest BCUT2D eigenvalue weighted by atomic mass is 79.9. The molecule has 0 aliphatic carbocycles. The third-order valence-electron chi connectivity index (χ3n) is 3.08. The molecule has 0 aromatic heterocycles. The van der Waals surface area contributed by atoms with E-state index in [2.05, 4.69) is 15.9 Å². The van der Waals surface area contributed by atoms with Crippen molar-refractivity contribution in [2.45, 2.75) is 31.5 Å². The highest BCUT2D eigenvalue weighted by Gasteiger charge is 2.39. The van der Waals surface area contributed by atoms with Crippen LogP contribution in [0.3, 0.4) is 0 Å². The molecule has 0 amide bonds. The van der Waals surface area contributed by atoms with Gasteiger partial charge in [-0.3, -0.25) is 0 Å². The van der Waals surface area contributed by atoms with E-state index in [1.54, 1.807) is 12.1 Å². The van der Waals surface area contributed by atoms with Crippen molar-refractivity contribution in [2.24, 2.45) is 0 Å². The van der Waals surface area contributed by atoms with Crippen LogP contribution in [0, 0.1) is 5.82 Å². The smallest absolute Gasteiger partial charge is 0.129 e. The fourth-order valence-corrected chi connectivity index (χ4v) is 2.45. The largest absolute Gasteiger partial charge is 0.385 e. The Morgan fingerprint density at radius 3 is 2.94 bits per heavy atom. The van der Waals surface area contributed by atoms with Gasteiger partial charge in [-0.05, 0) is 38.0 Å². The van der Waals surface area contributed by atoms with Crippen molar-refractivity contribution in [3.05, 3.63) is 34.1 Å². The Morgan fingerprint density at radius 1 is 1.56 bits per heavy atom. The molecule has 2 atom stereocenters. The van der Waals surface area contributed by atoms with Crippen molar-refractivity contribution >= 4 is 15.9 Å². The summed E-state index contributed by atoms with van der Waals surface area (Å²) in [5.41, 5.74) is -0.375. The summed E-state index contributed by atoms with van der Waals surface area (Å²) in [6, 6.07) is 4.57. The third-order valence-corrected chi connectivity index (χ3v) is 3.57. The first-order valence-electron chi connectivity index (χ1n) is 5.30. The molecule has 0 spiro atoms. The van der Waals surface area contributed by atoms with Crippen LogP contribution >= 0.6 is 15.9 Å². The van der Waals surface area contributed by atoms with E-state index in [1.807, 2.05) is 6.92 Å². The van der Waals surface area contributed by atoms with Crippen LogP contribution in [0.5, 0.6) is 0 Å². The zero-order valence-electron chi connectivity index (χ0n) is 9.04. The first-order valence-corrected chi connectivity index (χ1v) is 6.09. The van der Waals surface area contributed by atoms with Crippen molar-refractivity contribution in [1.29, 1.82) is 0 Å². The lowest BCUT2D eigenvalue weighted by atomic mass is 9.90. The Hall–Kier alpha value is -0.450. The second-order valence-corrected chi connectivity index (χ2v) is 5.25. The number of benzene rings is 1. The Bertz CT molecular complexity index is 389. The summed E-state index contributed by atoms with van der Waals surface area (Å²) in [7, 11) is 0. The lowest BCUT2D eigenvalue weighted by Crippen LogP contribution is -2.32. The van der Waals surface area contributed by atoms with Crippen LogP contribution in [0.25, 0.3) is 0 Å². The van der Waals surface area contributed by atoms with Gasteiger partial charge in [-0.1, -0.05) is 15.9 Å². The zero-order valence-corrected chi connectivity index (χ0v) is 10.6. The lowest BCUT2D eigenvalue weighted by molar-refractivity contribution is -0.0808. The summed E-state index contributed by atoms with van der Waals surface area (Å²) in [6.07, 6.45) is 0.732. The molecule has 4 heteroatoms. The maximum Gasteiger partial charge on any atom is 0.129 e. The minimum atomic E-state index is -0.924. The fourth-order valence-electron chi connectivity index (χ4n) is 2.07. The molecule has 1 heterocycles. The third kappa shape index (κ3) is 2.14. The van der Waals surface area contributed by atoms with E-state index in [4.69, 9.17) is 4.74 Å². The first kappa shape index (κ1) is 12.0. The molecule has 2 nitrogen and oxygen atoms in total. The Balaban J connectivity index is 2.32. The molecule has 2 unspecified atom stereocenters. The number of hydrogen-bond donors (Lipinski definition) is 1. The Morgan fingerprint density at radius 2 is 2.31 bits per heavy atom. The van der Waals surface area contributed by atoms with E-state index in [0.717, 1.165) is 17.3 Å². The van der Waals surface area contributed by atoms with E-state index in [-0.39, 0.29) is 0 Å². The Kier molecular flexibility index (Phi) is 3.33. The molecule has 1 saturated heterocycles. The second kappa shape index (κ2) is 4.43. The van der Waals surface area contributed by atoms with Crippen LogP contribution in [-0.4, -0.2) is 17.3 Å². The highest BCUT2D eigenvalue weighted by Crippen LogP contribution is 2.38. The first-order chi connectivity index (χ1) is 7.53. The number of aliphatic hydroxyl groups excluding tert-OH is 1. The minimum absolute atomic E-state index is 0.291. The van der Waals surface area contributed by atoms with Crippen molar-refractivity contribution in [1.82, 2.24) is 0 Å². The van der Waals surface area contributed by atoms with Gasteiger partial charge in [0.15, 0.2) is 0 Å². The summed E-state index contributed by atoms with van der Waals surface area (Å²) in [5, 5.41) is 10.2. The zero-order chi connectivity index (χ0) is 11.8. The van der Waals surface area contributed by atoms with Gasteiger partial charge >= 0.3 is 0 Å². The molecule has 1 aliphatic heterocycles. The number of aliphatic hydroxyl groups is 1. The second-order valence-electron chi connectivity index (χ2n) is 4.33. The average Bonchev–Trinajstić information content (AvgIpc) is 2.69. The van der Waals surface area contributed by atoms with Crippen molar-refractivity contribution in [3.8, 4) is 0 Å². The minimum Gasteiger partial charge on any atom is -0.385 e. The summed E-state index contributed by atoms with van der Waals surface area (Å²) in [4.78, 5) is 0. The van der Waals surface area contributed by atoms with Gasteiger partial charge in [0.1, 0.15) is 11.9 Å². The van der Waals surface area contributed by atoms with Crippen LogP contribution in [0.1, 0.15) is 31.4 Å². The van der Waals surface area contributed by atoms with Crippen molar-refractivity contribution < 1.29 is 14.2 Å². The van der Waals surface area contributed by atoms with Crippen LogP contribution in [-0.2, 0) is 4.74 Å². The topological polar surface area (TPSA) is 29.5 Å². The molecule has 1 fully saturated rings. The quantitative estimate of drug-likeness (QED) is 0.906. The van der Waals surface area contributed by atoms with E-state index < -0.39 is 17.5 Å². The van der Waals surface area contributed by atoms with Crippen molar-refractivity contribution in [3.63, 3.8) is 0 Å². The number of halogens is 2. The molecule has 1 aliphatic rings. The van der Waals surface area contributed by atoms with Crippen LogP contribution < -0.4 is 0 Å². The highest BCUT2D eigenvalue weighted by molar-refractivity contribution is 9.10. The molecule has 88 valence electrons. The van der Waals surface area contributed by atoms with E-state index in [1.165, 1.54) is 6.07 Å². The van der Waals surface area contributed by atoms with Crippen LogP contribution in [0.15, 0.2) is 22.7 Å². The molecular weight excluding hydrogens is 275 g/mol. The van der Waals surface area contributed by atoms with E-state index in [0.29, 0.717) is 12.2 Å². The fraction of sp³-hybridized carbons (Fsp3) is 0.500. The predicted molar refractivity (Wildman–Crippen MR) is 62.7 cm³/mol. The predicted octanol–water partition coefficient (Wildman–Crippen LogP) is 3.19. The summed E-state index contributed by atoms with van der Waals surface area (Å²) < 4.78 is 19.9. The Labute approximate surface area is 103 Å². The average molecular weight is 289 g/mol. The molecule has 1 N–H and O–H groups in total. The maximum absolute atomic E-state index is 13.6. The molecule has 0 bridgehead atoms. The van der Waals surface area contributed by atoms with Gasteiger partial charge in [0, 0.05) is 16.6 Å². The molecule has 0 radical (unpaired) electrons. The van der Waals surface area contributed by atoms with Crippen LogP contribution in [0.2, 0.25) is 0 Å². The van der Waals surface area contributed by atoms with Crippen LogP contribution in [0.4, 0.5) is 4.39 Å². The summed E-state index contributed by atoms with van der Waals surface area (Å²) in [6.45, 7) is 2.45. The number of rotatable bonds is 2. The van der Waals surface area contributed by atoms with E-state index in [9.17, 15) is 9.50 Å². The molecular formula is C12H14BrFO2. The van der Waals surface area contributed by atoms with Crippen molar-refractivity contribution in [2.75, 3.05) is 6.61 Å². The number of ether oxygens (including phenoxy) is 1. The normalized spacial score (nSPS) is 27.0. The summed E-state index contributed by atoms with van der Waals surface area (Å²) in [5.74, 6) is -0.396. The SMILES string of the molecule is CC1(C(O)c2cc(Br)ccc2F)CCCO1. The van der Waals surface area contributed by atoms with Gasteiger partial charge < -0.3 is 9.84 Å². The molecule has 16 heavy (non-hydrogen) atoms. The number of hydrogen-bond acceptors (Lipinski definition) is 2.